The zero-order valence-corrected chi connectivity index (χ0v) is 11.4. The van der Waals surface area contributed by atoms with Gasteiger partial charge in [0.05, 0.1) is 22.0 Å². The number of thioether (sulfide) groups is 1. The van der Waals surface area contributed by atoms with Gasteiger partial charge in [0.15, 0.2) is 0 Å². The summed E-state index contributed by atoms with van der Waals surface area (Å²) in [5.41, 5.74) is 2.04. The van der Waals surface area contributed by atoms with Crippen molar-refractivity contribution in [2.45, 2.75) is 23.5 Å². The second-order valence-corrected chi connectivity index (χ2v) is 5.62. The van der Waals surface area contributed by atoms with E-state index < -0.39 is 4.71 Å². The molecule has 1 heterocycles. The molecule has 0 N–H and O–H groups in total. The lowest BCUT2D eigenvalue weighted by molar-refractivity contribution is 0.203. The summed E-state index contributed by atoms with van der Waals surface area (Å²) in [6, 6.07) is 9.36. The smallest absolute Gasteiger partial charge is 0.237 e. The fourth-order valence-electron chi connectivity index (χ4n) is 1.71. The van der Waals surface area contributed by atoms with Crippen LogP contribution in [0.25, 0.3) is 5.69 Å². The van der Waals surface area contributed by atoms with Crippen LogP contribution in [0.5, 0.6) is 0 Å². The SMILES string of the molecule is Cc1nn(-c2ccccc2)c(C)c1SC(F)(F)Cl. The molecule has 0 amide bonds. The van der Waals surface area contributed by atoms with Gasteiger partial charge in [0.2, 0.25) is 0 Å². The molecule has 1 aromatic heterocycles. The lowest BCUT2D eigenvalue weighted by Crippen LogP contribution is -2.00. The van der Waals surface area contributed by atoms with Gasteiger partial charge in [0.1, 0.15) is 0 Å². The van der Waals surface area contributed by atoms with Crippen molar-refractivity contribution in [2.75, 3.05) is 0 Å². The minimum Gasteiger partial charge on any atom is -0.237 e. The Morgan fingerprint density at radius 3 is 2.39 bits per heavy atom. The van der Waals surface area contributed by atoms with Gasteiger partial charge < -0.3 is 0 Å². The molecule has 0 saturated heterocycles. The summed E-state index contributed by atoms with van der Waals surface area (Å²) >= 11 is 5.28. The van der Waals surface area contributed by atoms with E-state index in [2.05, 4.69) is 5.10 Å². The van der Waals surface area contributed by atoms with E-state index in [-0.39, 0.29) is 0 Å². The van der Waals surface area contributed by atoms with Gasteiger partial charge in [-0.25, -0.2) is 4.68 Å². The van der Waals surface area contributed by atoms with Gasteiger partial charge in [-0.3, -0.25) is 0 Å². The predicted molar refractivity (Wildman–Crippen MR) is 69.7 cm³/mol. The molecule has 96 valence electrons. The average Bonchev–Trinajstić information content (AvgIpc) is 2.56. The van der Waals surface area contributed by atoms with Gasteiger partial charge in [-0.05, 0) is 49.3 Å². The zero-order chi connectivity index (χ0) is 13.3. The third-order valence-electron chi connectivity index (χ3n) is 2.44. The van der Waals surface area contributed by atoms with E-state index >= 15 is 0 Å². The second-order valence-electron chi connectivity index (χ2n) is 3.80. The van der Waals surface area contributed by atoms with Crippen LogP contribution in [0.3, 0.4) is 0 Å². The van der Waals surface area contributed by atoms with Crippen LogP contribution in [-0.2, 0) is 0 Å². The average molecular weight is 289 g/mol. The van der Waals surface area contributed by atoms with Crippen molar-refractivity contribution >= 4 is 23.4 Å². The maximum absolute atomic E-state index is 12.9. The third kappa shape index (κ3) is 2.84. The van der Waals surface area contributed by atoms with Gasteiger partial charge >= 0.3 is 4.71 Å². The molecule has 0 saturated carbocycles. The van der Waals surface area contributed by atoms with E-state index in [0.717, 1.165) is 5.69 Å². The highest BCUT2D eigenvalue weighted by Gasteiger charge is 2.30. The Balaban J connectivity index is 2.44. The summed E-state index contributed by atoms with van der Waals surface area (Å²) in [4.78, 5) is 0.416. The first kappa shape index (κ1) is 13.4. The summed E-state index contributed by atoms with van der Waals surface area (Å²) in [6.45, 7) is 3.44. The standard InChI is InChI=1S/C12H11ClF2N2S/c1-8-11(18-12(13,14)15)9(2)17(16-8)10-6-4-3-5-7-10/h3-7H,1-2H3. The first-order valence-electron chi connectivity index (χ1n) is 5.26. The van der Waals surface area contributed by atoms with Crippen LogP contribution in [0, 0.1) is 13.8 Å². The van der Waals surface area contributed by atoms with Crippen LogP contribution in [0.2, 0.25) is 0 Å². The number of benzene rings is 1. The van der Waals surface area contributed by atoms with E-state index in [0.29, 0.717) is 28.0 Å². The largest absolute Gasteiger partial charge is 0.375 e. The maximum atomic E-state index is 12.9. The molecule has 0 unspecified atom stereocenters. The summed E-state index contributed by atoms with van der Waals surface area (Å²) in [5, 5.41) is 4.27. The molecular weight excluding hydrogens is 278 g/mol. The highest BCUT2D eigenvalue weighted by molar-refractivity contribution is 8.01. The topological polar surface area (TPSA) is 17.8 Å². The first-order chi connectivity index (χ1) is 8.38. The van der Waals surface area contributed by atoms with E-state index in [9.17, 15) is 8.78 Å². The summed E-state index contributed by atoms with van der Waals surface area (Å²) in [5.74, 6) is 0. The van der Waals surface area contributed by atoms with Crippen LogP contribution in [0.15, 0.2) is 35.2 Å². The molecule has 0 radical (unpaired) electrons. The number of rotatable bonds is 3. The number of aryl methyl sites for hydroxylation is 1. The van der Waals surface area contributed by atoms with Gasteiger partial charge in [-0.2, -0.15) is 13.9 Å². The van der Waals surface area contributed by atoms with Crippen molar-refractivity contribution < 1.29 is 8.78 Å². The Bertz CT molecular complexity index is 549. The van der Waals surface area contributed by atoms with Crippen LogP contribution in [0.1, 0.15) is 11.4 Å². The molecule has 0 bridgehead atoms. The monoisotopic (exact) mass is 288 g/mol. The van der Waals surface area contributed by atoms with Gasteiger partial charge in [-0.15, -0.1) is 0 Å². The molecule has 2 nitrogen and oxygen atoms in total. The molecule has 0 aliphatic carbocycles. The van der Waals surface area contributed by atoms with Gasteiger partial charge in [0.25, 0.3) is 0 Å². The molecule has 0 aliphatic heterocycles. The molecule has 2 aromatic rings. The van der Waals surface area contributed by atoms with Gasteiger partial charge in [0, 0.05) is 0 Å². The minimum atomic E-state index is -3.32. The predicted octanol–water partition coefficient (Wildman–Crippen LogP) is 4.37. The Morgan fingerprint density at radius 2 is 1.83 bits per heavy atom. The number of halogens is 3. The Morgan fingerprint density at radius 1 is 1.22 bits per heavy atom. The fourth-order valence-corrected chi connectivity index (χ4v) is 2.60. The Kier molecular flexibility index (Phi) is 3.64. The van der Waals surface area contributed by atoms with Crippen molar-refractivity contribution in [3.8, 4) is 5.69 Å². The van der Waals surface area contributed by atoms with Crippen molar-refractivity contribution in [1.29, 1.82) is 0 Å². The number of hydrogen-bond acceptors (Lipinski definition) is 2. The first-order valence-corrected chi connectivity index (χ1v) is 6.45. The highest BCUT2D eigenvalue weighted by atomic mass is 35.5. The highest BCUT2D eigenvalue weighted by Crippen LogP contribution is 2.42. The summed E-state index contributed by atoms with van der Waals surface area (Å²) in [7, 11) is 0. The molecule has 2 rings (SSSR count). The Hall–Kier alpha value is -1.07. The van der Waals surface area contributed by atoms with Crippen LogP contribution >= 0.6 is 23.4 Å². The number of aromatic nitrogens is 2. The zero-order valence-electron chi connectivity index (χ0n) is 9.82. The van der Waals surface area contributed by atoms with E-state index in [1.54, 1.807) is 18.5 Å². The van der Waals surface area contributed by atoms with E-state index in [1.165, 1.54) is 0 Å². The molecule has 18 heavy (non-hydrogen) atoms. The molecule has 0 aliphatic rings. The van der Waals surface area contributed by atoms with E-state index in [1.807, 2.05) is 30.3 Å². The lowest BCUT2D eigenvalue weighted by atomic mass is 10.3. The third-order valence-corrected chi connectivity index (χ3v) is 3.70. The van der Waals surface area contributed by atoms with Crippen molar-refractivity contribution in [3.63, 3.8) is 0 Å². The molecular formula is C12H11ClF2N2S. The number of nitrogens with zero attached hydrogens (tertiary/aromatic N) is 2. The van der Waals surface area contributed by atoms with Crippen molar-refractivity contribution in [3.05, 3.63) is 41.7 Å². The van der Waals surface area contributed by atoms with Crippen molar-refractivity contribution in [1.82, 2.24) is 9.78 Å². The Labute approximate surface area is 113 Å². The number of alkyl halides is 3. The normalized spacial score (nSPS) is 11.8. The van der Waals surface area contributed by atoms with Gasteiger partial charge in [-0.1, -0.05) is 18.2 Å². The van der Waals surface area contributed by atoms with Crippen LogP contribution in [-0.4, -0.2) is 14.5 Å². The quantitative estimate of drug-likeness (QED) is 0.616. The summed E-state index contributed by atoms with van der Waals surface area (Å²) < 4.78 is 24.1. The molecule has 0 spiro atoms. The molecule has 6 heteroatoms. The summed E-state index contributed by atoms with van der Waals surface area (Å²) in [6.07, 6.45) is 0. The molecule has 0 fully saturated rings. The maximum Gasteiger partial charge on any atom is 0.375 e. The second kappa shape index (κ2) is 4.90. The van der Waals surface area contributed by atoms with Crippen LogP contribution < -0.4 is 0 Å². The molecule has 0 atom stereocenters. The van der Waals surface area contributed by atoms with Crippen LogP contribution in [0.4, 0.5) is 8.78 Å². The number of para-hydroxylation sites is 1. The fraction of sp³-hybridized carbons (Fsp3) is 0.250. The molecule has 1 aromatic carbocycles. The minimum absolute atomic E-state index is 0.318. The number of hydrogen-bond donors (Lipinski definition) is 0. The van der Waals surface area contributed by atoms with Crippen molar-refractivity contribution in [2.24, 2.45) is 0 Å². The lowest BCUT2D eigenvalue weighted by Gasteiger charge is -2.08. The van der Waals surface area contributed by atoms with E-state index in [4.69, 9.17) is 11.6 Å².